The molecule has 0 spiro atoms. The Morgan fingerprint density at radius 3 is 2.70 bits per heavy atom. The van der Waals surface area contributed by atoms with Crippen LogP contribution < -0.4 is 20.2 Å². The van der Waals surface area contributed by atoms with Crippen molar-refractivity contribution < 1.29 is 13.9 Å². The molecule has 0 atom stereocenters. The van der Waals surface area contributed by atoms with Crippen molar-refractivity contribution in [1.29, 1.82) is 5.26 Å². The number of aromatic nitrogens is 1. The zero-order valence-electron chi connectivity index (χ0n) is 15.8. The Labute approximate surface area is 175 Å². The SMILES string of the molecule is COc1cc2cc3c(Nc4ccc(OCF)cc4Cl)c(C#N)c[nH]c3cc2cc1=O. The third-order valence-corrected chi connectivity index (χ3v) is 5.02. The fourth-order valence-electron chi connectivity index (χ4n) is 3.27. The van der Waals surface area contributed by atoms with Crippen LogP contribution in [-0.2, 0) is 0 Å². The Balaban J connectivity index is 1.90. The van der Waals surface area contributed by atoms with E-state index in [2.05, 4.69) is 16.4 Å². The molecule has 1 heterocycles. The molecule has 0 aliphatic rings. The van der Waals surface area contributed by atoms with Crippen LogP contribution in [0, 0.1) is 11.3 Å². The van der Waals surface area contributed by atoms with E-state index in [1.165, 1.54) is 19.2 Å². The van der Waals surface area contributed by atoms with Gasteiger partial charge in [0.2, 0.25) is 12.3 Å². The fourth-order valence-corrected chi connectivity index (χ4v) is 3.49. The maximum Gasteiger partial charge on any atom is 0.228 e. The van der Waals surface area contributed by atoms with Gasteiger partial charge in [0.1, 0.15) is 11.8 Å². The molecule has 0 saturated heterocycles. The Morgan fingerprint density at radius 1 is 1.20 bits per heavy atom. The van der Waals surface area contributed by atoms with E-state index in [0.717, 1.165) is 21.7 Å². The van der Waals surface area contributed by atoms with E-state index in [-0.39, 0.29) is 11.2 Å². The first-order chi connectivity index (χ1) is 14.5. The molecule has 0 amide bonds. The number of pyridine rings is 1. The first-order valence-electron chi connectivity index (χ1n) is 8.86. The molecular formula is C22H15ClFN3O3. The summed E-state index contributed by atoms with van der Waals surface area (Å²) in [4.78, 5) is 15.2. The quantitative estimate of drug-likeness (QED) is 0.427. The maximum absolute atomic E-state index is 12.4. The Kier molecular flexibility index (Phi) is 5.17. The molecule has 0 fully saturated rings. The number of aromatic amines is 1. The lowest BCUT2D eigenvalue weighted by atomic mass is 10.0. The van der Waals surface area contributed by atoms with Crippen LogP contribution in [0.5, 0.6) is 11.5 Å². The van der Waals surface area contributed by atoms with Crippen LogP contribution in [0.15, 0.2) is 53.5 Å². The number of alkyl halides is 1. The highest BCUT2D eigenvalue weighted by Crippen LogP contribution is 2.35. The average molecular weight is 424 g/mol. The van der Waals surface area contributed by atoms with Gasteiger partial charge in [-0.15, -0.1) is 0 Å². The summed E-state index contributed by atoms with van der Waals surface area (Å²) in [5.41, 5.74) is 1.95. The van der Waals surface area contributed by atoms with Crippen LogP contribution in [-0.4, -0.2) is 19.0 Å². The Bertz CT molecular complexity index is 1380. The standard InChI is InChI=1S/C22H15ClFN3O3/c1-29-21-7-12-4-16-19(5-13(12)6-20(21)28)26-10-14(9-25)22(16)27-18-3-2-15(30-11-24)8-17(18)23/h2-8,10,26-27H,11H2,1H3. The van der Waals surface area contributed by atoms with Crippen molar-refractivity contribution in [2.45, 2.75) is 0 Å². The molecule has 0 bridgehead atoms. The number of rotatable bonds is 5. The highest BCUT2D eigenvalue weighted by atomic mass is 35.5. The topological polar surface area (TPSA) is 87.1 Å². The Hall–Kier alpha value is -3.76. The van der Waals surface area contributed by atoms with Crippen molar-refractivity contribution in [2.75, 3.05) is 19.3 Å². The number of H-pyrrole nitrogens is 1. The number of nitrogens with one attached hydrogen (secondary N) is 2. The molecule has 30 heavy (non-hydrogen) atoms. The van der Waals surface area contributed by atoms with Gasteiger partial charge in [-0.25, -0.2) is 4.39 Å². The molecule has 0 unspecified atom stereocenters. The van der Waals surface area contributed by atoms with Crippen LogP contribution >= 0.6 is 11.6 Å². The van der Waals surface area contributed by atoms with Gasteiger partial charge in [-0.3, -0.25) is 4.79 Å². The number of benzene rings is 3. The molecule has 0 aliphatic carbocycles. The molecule has 8 heteroatoms. The lowest BCUT2D eigenvalue weighted by Gasteiger charge is -2.15. The average Bonchev–Trinajstić information content (AvgIpc) is 2.74. The second-order valence-electron chi connectivity index (χ2n) is 6.46. The minimum absolute atomic E-state index is 0.210. The monoisotopic (exact) mass is 423 g/mol. The number of fused-ring (bicyclic) bond motifs is 2. The molecule has 0 aliphatic heterocycles. The third-order valence-electron chi connectivity index (χ3n) is 4.71. The predicted octanol–water partition coefficient (Wildman–Crippen LogP) is 5.26. The number of hydrogen-bond donors (Lipinski definition) is 2. The van der Waals surface area contributed by atoms with Crippen molar-refractivity contribution in [3.63, 3.8) is 0 Å². The highest BCUT2D eigenvalue weighted by Gasteiger charge is 2.13. The van der Waals surface area contributed by atoms with Crippen molar-refractivity contribution in [2.24, 2.45) is 0 Å². The van der Waals surface area contributed by atoms with E-state index in [1.54, 1.807) is 24.4 Å². The number of halogens is 2. The summed E-state index contributed by atoms with van der Waals surface area (Å²) in [5, 5.41) is 15.4. The summed E-state index contributed by atoms with van der Waals surface area (Å²) in [6, 6.07) is 13.7. The smallest absolute Gasteiger partial charge is 0.228 e. The molecule has 3 aromatic carbocycles. The molecule has 6 nitrogen and oxygen atoms in total. The molecule has 150 valence electrons. The molecule has 0 radical (unpaired) electrons. The van der Waals surface area contributed by atoms with Crippen molar-refractivity contribution in [3.8, 4) is 17.6 Å². The second-order valence-corrected chi connectivity index (χ2v) is 6.86. The maximum atomic E-state index is 12.4. The molecule has 4 aromatic rings. The van der Waals surface area contributed by atoms with E-state index in [0.29, 0.717) is 27.7 Å². The summed E-state index contributed by atoms with van der Waals surface area (Å²) < 4.78 is 22.3. The highest BCUT2D eigenvalue weighted by molar-refractivity contribution is 6.33. The Morgan fingerprint density at radius 2 is 2.00 bits per heavy atom. The van der Waals surface area contributed by atoms with E-state index < -0.39 is 6.86 Å². The van der Waals surface area contributed by atoms with Crippen LogP contribution in [0.1, 0.15) is 5.56 Å². The van der Waals surface area contributed by atoms with Gasteiger partial charge in [-0.1, -0.05) is 11.6 Å². The van der Waals surface area contributed by atoms with Gasteiger partial charge in [-0.05, 0) is 47.2 Å². The van der Waals surface area contributed by atoms with Crippen molar-refractivity contribution in [1.82, 2.24) is 4.98 Å². The predicted molar refractivity (Wildman–Crippen MR) is 115 cm³/mol. The normalized spacial score (nSPS) is 10.7. The lowest BCUT2D eigenvalue weighted by molar-refractivity contribution is 0.192. The third kappa shape index (κ3) is 3.49. The van der Waals surface area contributed by atoms with Gasteiger partial charge >= 0.3 is 0 Å². The number of hydrogen-bond acceptors (Lipinski definition) is 5. The minimum Gasteiger partial charge on any atom is -0.493 e. The molecule has 4 rings (SSSR count). The van der Waals surface area contributed by atoms with Crippen LogP contribution in [0.2, 0.25) is 5.02 Å². The van der Waals surface area contributed by atoms with Gasteiger partial charge in [-0.2, -0.15) is 5.26 Å². The van der Waals surface area contributed by atoms with Gasteiger partial charge < -0.3 is 19.8 Å². The zero-order chi connectivity index (χ0) is 21.3. The molecule has 0 saturated carbocycles. The molecule has 2 N–H and O–H groups in total. The van der Waals surface area contributed by atoms with Crippen molar-refractivity contribution in [3.05, 3.63) is 69.5 Å². The van der Waals surface area contributed by atoms with E-state index in [9.17, 15) is 14.4 Å². The fraction of sp³-hybridized carbons (Fsp3) is 0.0909. The minimum atomic E-state index is -0.956. The van der Waals surface area contributed by atoms with Crippen LogP contribution in [0.25, 0.3) is 21.7 Å². The summed E-state index contributed by atoms with van der Waals surface area (Å²) in [7, 11) is 1.44. The van der Waals surface area contributed by atoms with E-state index >= 15 is 0 Å². The number of anilines is 2. The van der Waals surface area contributed by atoms with E-state index in [4.69, 9.17) is 21.1 Å². The van der Waals surface area contributed by atoms with E-state index in [1.807, 2.05) is 12.1 Å². The summed E-state index contributed by atoms with van der Waals surface area (Å²) in [6.45, 7) is -0.956. The first kappa shape index (κ1) is 19.6. The number of ether oxygens (including phenoxy) is 2. The lowest BCUT2D eigenvalue weighted by Crippen LogP contribution is -2.03. The van der Waals surface area contributed by atoms with Gasteiger partial charge in [0, 0.05) is 23.2 Å². The van der Waals surface area contributed by atoms with Gasteiger partial charge in [0.05, 0.1) is 29.1 Å². The summed E-state index contributed by atoms with van der Waals surface area (Å²) in [6.07, 6.45) is 1.58. The summed E-state index contributed by atoms with van der Waals surface area (Å²) >= 11 is 6.31. The number of nitriles is 1. The molecular weight excluding hydrogens is 409 g/mol. The zero-order valence-corrected chi connectivity index (χ0v) is 16.5. The second kappa shape index (κ2) is 7.93. The number of methoxy groups -OCH3 is 1. The largest absolute Gasteiger partial charge is 0.493 e. The number of nitrogens with zero attached hydrogens (tertiary/aromatic N) is 1. The van der Waals surface area contributed by atoms with Crippen LogP contribution in [0.3, 0.4) is 0 Å². The molecule has 1 aromatic heterocycles. The van der Waals surface area contributed by atoms with Gasteiger partial charge in [0.15, 0.2) is 5.75 Å². The van der Waals surface area contributed by atoms with Crippen molar-refractivity contribution >= 4 is 44.7 Å². The van der Waals surface area contributed by atoms with Gasteiger partial charge in [0.25, 0.3) is 0 Å². The first-order valence-corrected chi connectivity index (χ1v) is 9.24. The summed E-state index contributed by atoms with van der Waals surface area (Å²) in [5.74, 6) is 0.537. The van der Waals surface area contributed by atoms with Crippen LogP contribution in [0.4, 0.5) is 15.8 Å².